The molecular weight excluding hydrogens is 254 g/mol. The summed E-state index contributed by atoms with van der Waals surface area (Å²) in [6.45, 7) is 3.75. The first-order chi connectivity index (χ1) is 9.58. The number of aromatic nitrogens is 2. The number of likely N-dealkylation sites (N-methyl/N-ethyl adjacent to an activating group) is 1. The van der Waals surface area contributed by atoms with Crippen LogP contribution in [0.5, 0.6) is 0 Å². The smallest absolute Gasteiger partial charge is 0.337 e. The number of hydrogen-bond acceptors (Lipinski definition) is 3. The number of carbonyl (C=O) groups is 1. The monoisotopic (exact) mass is 273 g/mol. The van der Waals surface area contributed by atoms with E-state index in [1.165, 1.54) is 12.8 Å². The normalized spacial score (nSPS) is 15.2. The first-order valence-corrected chi connectivity index (χ1v) is 6.97. The summed E-state index contributed by atoms with van der Waals surface area (Å²) in [5.74, 6) is -0.0479. The molecule has 1 heterocycles. The van der Waals surface area contributed by atoms with E-state index in [1.54, 1.807) is 12.1 Å². The Morgan fingerprint density at radius 2 is 2.25 bits per heavy atom. The molecule has 3 rings (SSSR count). The Bertz CT molecular complexity index is 658. The van der Waals surface area contributed by atoms with Gasteiger partial charge in [-0.25, -0.2) is 9.78 Å². The zero-order chi connectivity index (χ0) is 14.3. The number of imidazole rings is 1. The maximum atomic E-state index is 11.2. The van der Waals surface area contributed by atoms with Gasteiger partial charge in [0.05, 0.1) is 11.1 Å². The fraction of sp³-hybridized carbons (Fsp3) is 0.467. The van der Waals surface area contributed by atoms with Gasteiger partial charge in [-0.1, -0.05) is 6.07 Å². The maximum absolute atomic E-state index is 11.2. The molecule has 5 heteroatoms. The minimum atomic E-state index is -0.921. The number of fused-ring (bicyclic) bond motifs is 1. The number of benzene rings is 1. The van der Waals surface area contributed by atoms with E-state index < -0.39 is 5.97 Å². The molecule has 0 bridgehead atoms. The number of rotatable bonds is 5. The molecular formula is C15H19N3O2. The van der Waals surface area contributed by atoms with Crippen molar-refractivity contribution in [3.05, 3.63) is 29.6 Å². The lowest BCUT2D eigenvalue weighted by Gasteiger charge is -2.16. The molecule has 0 saturated heterocycles. The highest BCUT2D eigenvalue weighted by Gasteiger charge is 2.25. The molecule has 0 aliphatic heterocycles. The van der Waals surface area contributed by atoms with E-state index in [-0.39, 0.29) is 5.56 Å². The van der Waals surface area contributed by atoms with Gasteiger partial charge < -0.3 is 14.6 Å². The Balaban J connectivity index is 1.92. The average molecular weight is 273 g/mol. The van der Waals surface area contributed by atoms with Crippen molar-refractivity contribution in [1.29, 1.82) is 0 Å². The Labute approximate surface area is 117 Å². The number of carboxylic acids is 1. The summed E-state index contributed by atoms with van der Waals surface area (Å²) in [6, 6.07) is 6.07. The van der Waals surface area contributed by atoms with Gasteiger partial charge in [-0.3, -0.25) is 0 Å². The Hall–Kier alpha value is -1.88. The van der Waals surface area contributed by atoms with Gasteiger partial charge in [0.1, 0.15) is 11.3 Å². The summed E-state index contributed by atoms with van der Waals surface area (Å²) in [5.41, 5.74) is 1.78. The summed E-state index contributed by atoms with van der Waals surface area (Å²) in [6.07, 6.45) is 2.59. The third-order valence-corrected chi connectivity index (χ3v) is 4.05. The van der Waals surface area contributed by atoms with Crippen molar-refractivity contribution in [2.45, 2.75) is 32.4 Å². The minimum absolute atomic E-state index is 0.278. The molecule has 20 heavy (non-hydrogen) atoms. The van der Waals surface area contributed by atoms with Crippen molar-refractivity contribution in [3.8, 4) is 0 Å². The number of hydrogen-bond donors (Lipinski definition) is 1. The number of aryl methyl sites for hydroxylation is 1. The molecule has 5 nitrogen and oxygen atoms in total. The fourth-order valence-corrected chi connectivity index (χ4v) is 2.67. The molecule has 1 aromatic carbocycles. The van der Waals surface area contributed by atoms with Gasteiger partial charge in [0.25, 0.3) is 0 Å². The third-order valence-electron chi connectivity index (χ3n) is 4.05. The molecule has 0 spiro atoms. The standard InChI is InChI=1S/C15H19N3O2/c1-10-16-14-12(15(19)20)4-3-5-13(14)18(10)9-8-17(2)11-6-7-11/h3-5,11H,6-9H2,1-2H3,(H,19,20). The van der Waals surface area contributed by atoms with Crippen molar-refractivity contribution in [2.24, 2.45) is 0 Å². The van der Waals surface area contributed by atoms with Gasteiger partial charge in [-0.05, 0) is 38.9 Å². The van der Waals surface area contributed by atoms with Crippen LogP contribution >= 0.6 is 0 Å². The highest BCUT2D eigenvalue weighted by atomic mass is 16.4. The largest absolute Gasteiger partial charge is 0.478 e. The van der Waals surface area contributed by atoms with Crippen LogP contribution in [0.25, 0.3) is 11.0 Å². The maximum Gasteiger partial charge on any atom is 0.337 e. The van der Waals surface area contributed by atoms with E-state index in [0.717, 1.165) is 30.5 Å². The topological polar surface area (TPSA) is 58.4 Å². The molecule has 1 aliphatic carbocycles. The molecule has 1 fully saturated rings. The van der Waals surface area contributed by atoms with E-state index in [4.69, 9.17) is 0 Å². The first kappa shape index (κ1) is 13.1. The summed E-state index contributed by atoms with van der Waals surface area (Å²) in [7, 11) is 2.15. The fourth-order valence-electron chi connectivity index (χ4n) is 2.67. The Kier molecular flexibility index (Phi) is 3.22. The minimum Gasteiger partial charge on any atom is -0.478 e. The van der Waals surface area contributed by atoms with Gasteiger partial charge in [0, 0.05) is 19.1 Å². The first-order valence-electron chi connectivity index (χ1n) is 6.97. The summed E-state index contributed by atoms with van der Waals surface area (Å²) in [5, 5.41) is 9.22. The molecule has 1 saturated carbocycles. The zero-order valence-corrected chi connectivity index (χ0v) is 11.8. The van der Waals surface area contributed by atoms with E-state index in [2.05, 4.69) is 21.5 Å². The molecule has 1 N–H and O–H groups in total. The van der Waals surface area contributed by atoms with Crippen LogP contribution in [-0.4, -0.2) is 45.2 Å². The molecule has 1 aromatic heterocycles. The second-order valence-electron chi connectivity index (χ2n) is 5.50. The van der Waals surface area contributed by atoms with E-state index in [0.29, 0.717) is 5.52 Å². The van der Waals surface area contributed by atoms with Gasteiger partial charge in [0.15, 0.2) is 0 Å². The number of nitrogens with zero attached hydrogens (tertiary/aromatic N) is 3. The molecule has 0 atom stereocenters. The van der Waals surface area contributed by atoms with Crippen LogP contribution < -0.4 is 0 Å². The van der Waals surface area contributed by atoms with Crippen LogP contribution in [0.15, 0.2) is 18.2 Å². The highest BCUT2D eigenvalue weighted by Crippen LogP contribution is 2.25. The van der Waals surface area contributed by atoms with Gasteiger partial charge in [-0.2, -0.15) is 0 Å². The van der Waals surface area contributed by atoms with Crippen LogP contribution in [0.4, 0.5) is 0 Å². The summed E-state index contributed by atoms with van der Waals surface area (Å²) < 4.78 is 2.11. The van der Waals surface area contributed by atoms with E-state index in [1.807, 2.05) is 13.0 Å². The molecule has 0 radical (unpaired) electrons. The van der Waals surface area contributed by atoms with Crippen LogP contribution in [-0.2, 0) is 6.54 Å². The second-order valence-corrected chi connectivity index (χ2v) is 5.50. The van der Waals surface area contributed by atoms with E-state index in [9.17, 15) is 9.90 Å². The van der Waals surface area contributed by atoms with Gasteiger partial charge >= 0.3 is 5.97 Å². The number of para-hydroxylation sites is 1. The predicted octanol–water partition coefficient (Wildman–Crippen LogP) is 2.14. The van der Waals surface area contributed by atoms with Crippen molar-refractivity contribution in [1.82, 2.24) is 14.5 Å². The molecule has 2 aromatic rings. The average Bonchev–Trinajstić information content (AvgIpc) is 3.19. The van der Waals surface area contributed by atoms with Gasteiger partial charge in [0.2, 0.25) is 0 Å². The predicted molar refractivity (Wildman–Crippen MR) is 77.1 cm³/mol. The second kappa shape index (κ2) is 4.90. The molecule has 106 valence electrons. The molecule has 0 amide bonds. The van der Waals surface area contributed by atoms with Crippen LogP contribution in [0, 0.1) is 6.92 Å². The quantitative estimate of drug-likeness (QED) is 0.906. The third kappa shape index (κ3) is 2.29. The lowest BCUT2D eigenvalue weighted by atomic mass is 10.2. The van der Waals surface area contributed by atoms with Crippen molar-refractivity contribution in [3.63, 3.8) is 0 Å². The van der Waals surface area contributed by atoms with Crippen LogP contribution in [0.2, 0.25) is 0 Å². The van der Waals surface area contributed by atoms with Crippen molar-refractivity contribution < 1.29 is 9.90 Å². The van der Waals surface area contributed by atoms with Crippen molar-refractivity contribution in [2.75, 3.05) is 13.6 Å². The zero-order valence-electron chi connectivity index (χ0n) is 11.8. The Morgan fingerprint density at radius 3 is 2.90 bits per heavy atom. The van der Waals surface area contributed by atoms with Crippen LogP contribution in [0.1, 0.15) is 29.0 Å². The SMILES string of the molecule is Cc1nc2c(C(=O)O)cccc2n1CCN(C)C1CC1. The number of carboxylic acid groups (broad SMARTS) is 1. The molecule has 1 aliphatic rings. The lowest BCUT2D eigenvalue weighted by molar-refractivity contribution is 0.0699. The Morgan fingerprint density at radius 1 is 1.50 bits per heavy atom. The van der Waals surface area contributed by atoms with Crippen LogP contribution in [0.3, 0.4) is 0 Å². The van der Waals surface area contributed by atoms with Crippen molar-refractivity contribution >= 4 is 17.0 Å². The summed E-state index contributed by atoms with van der Waals surface area (Å²) >= 11 is 0. The molecule has 0 unspecified atom stereocenters. The lowest BCUT2D eigenvalue weighted by Crippen LogP contribution is -2.25. The highest BCUT2D eigenvalue weighted by molar-refractivity contribution is 6.01. The van der Waals surface area contributed by atoms with E-state index >= 15 is 0 Å². The van der Waals surface area contributed by atoms with Gasteiger partial charge in [-0.15, -0.1) is 0 Å². The summed E-state index contributed by atoms with van der Waals surface area (Å²) in [4.78, 5) is 18.0. The number of aromatic carboxylic acids is 1.